The van der Waals surface area contributed by atoms with Crippen LogP contribution in [0, 0.1) is 0 Å². The fraction of sp³-hybridized carbons (Fsp3) is 0.263. The smallest absolute Gasteiger partial charge is 0.233 e. The van der Waals surface area contributed by atoms with Gasteiger partial charge in [-0.2, -0.15) is 0 Å². The van der Waals surface area contributed by atoms with Gasteiger partial charge in [-0.05, 0) is 24.1 Å². The SMILES string of the molecule is O=C(CCc1ccccc1)CN1C(=O)C[C@H]1[S+]([O-])c1ccccc1. The lowest BCUT2D eigenvalue weighted by Crippen LogP contribution is -2.57. The first-order valence-corrected chi connectivity index (χ1v) is 9.17. The molecule has 5 heteroatoms. The third kappa shape index (κ3) is 3.86. The largest absolute Gasteiger partial charge is 0.610 e. The number of β-lactam (4-membered cyclic amide) rings is 1. The summed E-state index contributed by atoms with van der Waals surface area (Å²) in [4.78, 5) is 26.1. The molecule has 0 radical (unpaired) electrons. The van der Waals surface area contributed by atoms with Crippen molar-refractivity contribution in [3.63, 3.8) is 0 Å². The molecule has 4 nitrogen and oxygen atoms in total. The predicted molar refractivity (Wildman–Crippen MR) is 92.7 cm³/mol. The summed E-state index contributed by atoms with van der Waals surface area (Å²) < 4.78 is 12.5. The van der Waals surface area contributed by atoms with Gasteiger partial charge in [0.05, 0.1) is 13.0 Å². The van der Waals surface area contributed by atoms with Gasteiger partial charge in [-0.25, -0.2) is 0 Å². The van der Waals surface area contributed by atoms with E-state index >= 15 is 0 Å². The molecule has 0 saturated carbocycles. The molecular formula is C19H19NO3S. The van der Waals surface area contributed by atoms with Crippen molar-refractivity contribution < 1.29 is 14.1 Å². The Morgan fingerprint density at radius 2 is 1.71 bits per heavy atom. The lowest BCUT2D eigenvalue weighted by molar-refractivity contribution is -0.145. The van der Waals surface area contributed by atoms with E-state index in [1.807, 2.05) is 48.5 Å². The lowest BCUT2D eigenvalue weighted by atomic mass is 10.1. The van der Waals surface area contributed by atoms with Crippen LogP contribution in [0.25, 0.3) is 0 Å². The summed E-state index contributed by atoms with van der Waals surface area (Å²) in [5, 5.41) is -0.388. The predicted octanol–water partition coefficient (Wildman–Crippen LogP) is 2.55. The zero-order chi connectivity index (χ0) is 16.9. The number of carbonyl (C=O) groups excluding carboxylic acids is 2. The number of aryl methyl sites for hydroxylation is 1. The second kappa shape index (κ2) is 7.64. The number of likely N-dealkylation sites (tertiary alicyclic amines) is 1. The van der Waals surface area contributed by atoms with Crippen molar-refractivity contribution in [3.05, 3.63) is 66.2 Å². The molecule has 3 rings (SSSR count). The van der Waals surface area contributed by atoms with Gasteiger partial charge in [-0.15, -0.1) is 0 Å². The molecule has 0 bridgehead atoms. The second-order valence-corrected chi connectivity index (χ2v) is 7.43. The van der Waals surface area contributed by atoms with E-state index < -0.39 is 11.2 Å². The van der Waals surface area contributed by atoms with Gasteiger partial charge in [0.15, 0.2) is 10.7 Å². The van der Waals surface area contributed by atoms with Gasteiger partial charge in [-0.3, -0.25) is 14.5 Å². The topological polar surface area (TPSA) is 60.4 Å². The Labute approximate surface area is 144 Å². The Kier molecular flexibility index (Phi) is 5.33. The van der Waals surface area contributed by atoms with E-state index in [2.05, 4.69) is 0 Å². The highest BCUT2D eigenvalue weighted by Crippen LogP contribution is 2.29. The van der Waals surface area contributed by atoms with Crippen molar-refractivity contribution in [2.45, 2.75) is 29.5 Å². The molecule has 1 saturated heterocycles. The average molecular weight is 341 g/mol. The number of hydrogen-bond acceptors (Lipinski definition) is 3. The maximum atomic E-state index is 12.5. The highest BCUT2D eigenvalue weighted by molar-refractivity contribution is 7.92. The normalized spacial score (nSPS) is 18.1. The molecular weight excluding hydrogens is 322 g/mol. The maximum absolute atomic E-state index is 12.5. The van der Waals surface area contributed by atoms with Crippen LogP contribution < -0.4 is 0 Å². The summed E-state index contributed by atoms with van der Waals surface area (Å²) in [6.45, 7) is 0.0505. The third-order valence-electron chi connectivity index (χ3n) is 4.12. The molecule has 1 unspecified atom stereocenters. The molecule has 0 N–H and O–H groups in total. The Morgan fingerprint density at radius 3 is 2.33 bits per heavy atom. The number of carbonyl (C=O) groups is 2. The third-order valence-corrected chi connectivity index (χ3v) is 5.77. The Hall–Kier alpha value is -2.11. The van der Waals surface area contributed by atoms with Crippen LogP contribution in [0.1, 0.15) is 18.4 Å². The van der Waals surface area contributed by atoms with Crippen LogP contribution in [0.3, 0.4) is 0 Å². The minimum atomic E-state index is -1.30. The molecule has 1 heterocycles. The van der Waals surface area contributed by atoms with Gasteiger partial charge in [0.25, 0.3) is 0 Å². The molecule has 0 spiro atoms. The van der Waals surface area contributed by atoms with Gasteiger partial charge < -0.3 is 4.55 Å². The molecule has 1 fully saturated rings. The molecule has 1 amide bonds. The Bertz CT molecular complexity index is 705. The van der Waals surface area contributed by atoms with E-state index in [1.54, 1.807) is 12.1 Å². The van der Waals surface area contributed by atoms with Crippen molar-refractivity contribution >= 4 is 22.9 Å². The summed E-state index contributed by atoms with van der Waals surface area (Å²) in [6, 6.07) is 18.9. The summed E-state index contributed by atoms with van der Waals surface area (Å²) in [5.41, 5.74) is 1.10. The number of ketones is 1. The van der Waals surface area contributed by atoms with Crippen molar-refractivity contribution in [1.29, 1.82) is 0 Å². The summed E-state index contributed by atoms with van der Waals surface area (Å²) in [5.74, 6) is -0.0979. The van der Waals surface area contributed by atoms with Crippen LogP contribution in [-0.2, 0) is 27.2 Å². The second-order valence-electron chi connectivity index (χ2n) is 5.82. The molecule has 0 aromatic heterocycles. The van der Waals surface area contributed by atoms with E-state index in [-0.39, 0.29) is 30.0 Å². The number of nitrogens with zero attached hydrogens (tertiary/aromatic N) is 1. The van der Waals surface area contributed by atoms with Gasteiger partial charge in [0.1, 0.15) is 0 Å². The maximum Gasteiger partial charge on any atom is 0.233 e. The van der Waals surface area contributed by atoms with Crippen molar-refractivity contribution in [2.75, 3.05) is 6.54 Å². The van der Waals surface area contributed by atoms with Gasteiger partial charge >= 0.3 is 0 Å². The first kappa shape index (κ1) is 16.7. The quantitative estimate of drug-likeness (QED) is 0.574. The van der Waals surface area contributed by atoms with E-state index in [4.69, 9.17) is 0 Å². The fourth-order valence-corrected chi connectivity index (χ4v) is 4.17. The van der Waals surface area contributed by atoms with Crippen LogP contribution in [0.15, 0.2) is 65.6 Å². The summed E-state index contributed by atoms with van der Waals surface area (Å²) in [7, 11) is 0. The van der Waals surface area contributed by atoms with Crippen LogP contribution in [0.5, 0.6) is 0 Å². The van der Waals surface area contributed by atoms with E-state index in [1.165, 1.54) is 4.90 Å². The lowest BCUT2D eigenvalue weighted by Gasteiger charge is -2.39. The highest BCUT2D eigenvalue weighted by atomic mass is 32.2. The van der Waals surface area contributed by atoms with Crippen LogP contribution in [-0.4, -0.2) is 33.1 Å². The molecule has 1 aliphatic rings. The van der Waals surface area contributed by atoms with Crippen LogP contribution >= 0.6 is 0 Å². The van der Waals surface area contributed by atoms with Crippen LogP contribution in [0.2, 0.25) is 0 Å². The van der Waals surface area contributed by atoms with Crippen molar-refractivity contribution in [1.82, 2.24) is 4.90 Å². The molecule has 0 aliphatic carbocycles. The molecule has 24 heavy (non-hydrogen) atoms. The minimum Gasteiger partial charge on any atom is -0.610 e. The number of rotatable bonds is 7. The molecule has 2 aromatic carbocycles. The van der Waals surface area contributed by atoms with E-state index in [0.29, 0.717) is 17.7 Å². The van der Waals surface area contributed by atoms with Crippen LogP contribution in [0.4, 0.5) is 0 Å². The first-order chi connectivity index (χ1) is 11.6. The zero-order valence-electron chi connectivity index (χ0n) is 13.3. The number of hydrogen-bond donors (Lipinski definition) is 0. The highest BCUT2D eigenvalue weighted by Gasteiger charge is 2.45. The monoisotopic (exact) mass is 341 g/mol. The van der Waals surface area contributed by atoms with Gasteiger partial charge in [0, 0.05) is 17.6 Å². The fourth-order valence-electron chi connectivity index (χ4n) is 2.72. The number of amides is 1. The number of Topliss-reactive ketones (excluding diaryl/α,β-unsaturated/α-hetero) is 1. The van der Waals surface area contributed by atoms with Crippen molar-refractivity contribution in [2.24, 2.45) is 0 Å². The van der Waals surface area contributed by atoms with E-state index in [0.717, 1.165) is 5.56 Å². The summed E-state index contributed by atoms with van der Waals surface area (Å²) >= 11 is -1.30. The number of benzene rings is 2. The first-order valence-electron chi connectivity index (χ1n) is 7.96. The van der Waals surface area contributed by atoms with Crippen molar-refractivity contribution in [3.8, 4) is 0 Å². The van der Waals surface area contributed by atoms with Gasteiger partial charge in [0.2, 0.25) is 11.3 Å². The average Bonchev–Trinajstić information content (AvgIpc) is 2.63. The minimum absolute atomic E-state index is 0.00182. The molecule has 1 aliphatic heterocycles. The zero-order valence-corrected chi connectivity index (χ0v) is 14.1. The Balaban J connectivity index is 1.55. The molecule has 2 aromatic rings. The molecule has 2 atom stereocenters. The molecule has 124 valence electrons. The standard InChI is InChI=1S/C19H19NO3S/c21-16(12-11-15-7-3-1-4-8-15)14-20-18(22)13-19(20)24(23)17-9-5-2-6-10-17/h1-10,19H,11-14H2/t19-,24?/m1/s1. The van der Waals surface area contributed by atoms with E-state index in [9.17, 15) is 14.1 Å². The Morgan fingerprint density at radius 1 is 1.08 bits per heavy atom. The van der Waals surface area contributed by atoms with Gasteiger partial charge in [-0.1, -0.05) is 48.5 Å². The summed E-state index contributed by atoms with van der Waals surface area (Å²) in [6.07, 6.45) is 1.29.